The summed E-state index contributed by atoms with van der Waals surface area (Å²) in [5.41, 5.74) is 1.42. The van der Waals surface area contributed by atoms with Crippen LogP contribution in [-0.2, 0) is 5.75 Å². The Hall–Kier alpha value is -2.43. The van der Waals surface area contributed by atoms with Gasteiger partial charge < -0.3 is 9.64 Å². The lowest BCUT2D eigenvalue weighted by molar-refractivity contribution is 0.205. The van der Waals surface area contributed by atoms with Gasteiger partial charge in [0, 0.05) is 42.5 Å². The summed E-state index contributed by atoms with van der Waals surface area (Å²) in [4.78, 5) is 15.6. The Morgan fingerprint density at radius 2 is 1.75 bits per heavy atom. The van der Waals surface area contributed by atoms with Crippen LogP contribution in [0.25, 0.3) is 5.69 Å². The Bertz CT molecular complexity index is 1260. The van der Waals surface area contributed by atoms with E-state index in [4.69, 9.17) is 4.74 Å². The van der Waals surface area contributed by atoms with Gasteiger partial charge in [-0.3, -0.25) is 4.79 Å². The first-order valence-electron chi connectivity index (χ1n) is 12.1. The van der Waals surface area contributed by atoms with Gasteiger partial charge in [0.2, 0.25) is 5.75 Å². The number of hydrogen-bond acceptors (Lipinski definition) is 6. The fourth-order valence-electron chi connectivity index (χ4n) is 4.63. The quantitative estimate of drug-likeness (QED) is 0.343. The first kappa shape index (κ1) is 25.2. The molecule has 0 bridgehead atoms. The number of aromatic nitrogens is 2. The van der Waals surface area contributed by atoms with Crippen LogP contribution in [0.5, 0.6) is 5.75 Å². The first-order chi connectivity index (χ1) is 17.5. The van der Waals surface area contributed by atoms with Crippen LogP contribution in [0, 0.1) is 11.6 Å². The van der Waals surface area contributed by atoms with Crippen LogP contribution in [-0.4, -0.2) is 46.4 Å². The van der Waals surface area contributed by atoms with Crippen molar-refractivity contribution >= 4 is 33.6 Å². The van der Waals surface area contributed by atoms with Crippen LogP contribution in [0.2, 0.25) is 0 Å². The number of ether oxygens (including phenoxy) is 1. The molecule has 0 spiro atoms. The fraction of sp³-hybridized carbons (Fsp3) is 0.385. The van der Waals surface area contributed by atoms with Crippen molar-refractivity contribution in [2.24, 2.45) is 0 Å². The molecule has 2 heterocycles. The number of rotatable bonds is 7. The maximum absolute atomic E-state index is 13.8. The summed E-state index contributed by atoms with van der Waals surface area (Å²) < 4.78 is 38.3. The Balaban J connectivity index is 1.34. The van der Waals surface area contributed by atoms with E-state index in [1.54, 1.807) is 18.1 Å². The van der Waals surface area contributed by atoms with Gasteiger partial charge in [0.1, 0.15) is 17.3 Å². The number of hydrogen-bond donors (Lipinski definition) is 0. The van der Waals surface area contributed by atoms with Crippen molar-refractivity contribution in [3.05, 3.63) is 80.7 Å². The van der Waals surface area contributed by atoms with Crippen molar-refractivity contribution in [2.75, 3.05) is 31.1 Å². The largest absolute Gasteiger partial charge is 0.483 e. The molecule has 1 saturated heterocycles. The summed E-state index contributed by atoms with van der Waals surface area (Å²) in [5, 5.41) is 4.27. The molecular weight excluding hydrogens is 550 g/mol. The van der Waals surface area contributed by atoms with Gasteiger partial charge in [0.05, 0.1) is 18.0 Å². The van der Waals surface area contributed by atoms with E-state index in [0.29, 0.717) is 18.8 Å². The van der Waals surface area contributed by atoms with Crippen LogP contribution < -0.4 is 15.2 Å². The molecule has 0 N–H and O–H groups in total. The number of anilines is 1. The number of nitrogens with zero attached hydrogens (tertiary/aromatic N) is 4. The highest BCUT2D eigenvalue weighted by Gasteiger charge is 2.27. The molecule has 2 aromatic carbocycles. The minimum atomic E-state index is -0.766. The van der Waals surface area contributed by atoms with E-state index in [9.17, 15) is 13.6 Å². The maximum atomic E-state index is 13.8. The Morgan fingerprint density at radius 1 is 1.03 bits per heavy atom. The first-order valence-corrected chi connectivity index (χ1v) is 13.8. The van der Waals surface area contributed by atoms with E-state index in [2.05, 4.69) is 42.4 Å². The minimum Gasteiger partial charge on any atom is -0.483 e. The Morgan fingerprint density at radius 3 is 2.44 bits per heavy atom. The molecule has 0 amide bonds. The van der Waals surface area contributed by atoms with E-state index in [0.717, 1.165) is 71.9 Å². The molecule has 190 valence electrons. The normalized spacial score (nSPS) is 17.0. The van der Waals surface area contributed by atoms with Gasteiger partial charge in [-0.05, 0) is 55.5 Å². The topological polar surface area (TPSA) is 50.6 Å². The predicted molar refractivity (Wildman–Crippen MR) is 142 cm³/mol. The van der Waals surface area contributed by atoms with Gasteiger partial charge in [0.15, 0.2) is 0 Å². The molecule has 10 heteroatoms. The highest BCUT2D eigenvalue weighted by molar-refractivity contribution is 9.10. The smallest absolute Gasteiger partial charge is 0.316 e. The highest BCUT2D eigenvalue weighted by atomic mass is 79.9. The number of benzene rings is 2. The van der Waals surface area contributed by atoms with Crippen LogP contribution in [0.3, 0.4) is 0 Å². The third kappa shape index (κ3) is 5.92. The summed E-state index contributed by atoms with van der Waals surface area (Å²) in [6.07, 6.45) is 5.42. The second-order valence-corrected chi connectivity index (χ2v) is 11.0. The molecule has 2 fully saturated rings. The fourth-order valence-corrected chi connectivity index (χ4v) is 6.01. The number of piperazine rings is 1. The van der Waals surface area contributed by atoms with E-state index < -0.39 is 17.2 Å². The average Bonchev–Trinajstić information content (AvgIpc) is 3.37. The van der Waals surface area contributed by atoms with E-state index in [1.165, 1.54) is 5.56 Å². The molecular formula is C26H27BrF2N4O2S. The maximum Gasteiger partial charge on any atom is 0.316 e. The van der Waals surface area contributed by atoms with E-state index >= 15 is 0 Å². The van der Waals surface area contributed by atoms with Crippen molar-refractivity contribution in [3.8, 4) is 11.4 Å². The van der Waals surface area contributed by atoms with Crippen molar-refractivity contribution in [1.82, 2.24) is 14.1 Å². The molecule has 1 aromatic heterocycles. The van der Waals surface area contributed by atoms with Gasteiger partial charge in [-0.15, -0.1) is 0 Å². The molecule has 2 aliphatic rings. The van der Waals surface area contributed by atoms with Gasteiger partial charge in [-0.25, -0.2) is 13.1 Å². The van der Waals surface area contributed by atoms with Crippen molar-refractivity contribution in [1.29, 1.82) is 0 Å². The standard InChI is InChI=1S/C26H27BrF2N4O2S/c27-19-5-3-4-18(12-19)17-36-32-10-8-31(9-11-32)24-16-30-33(22-14-20(28)13-21(29)15-22)26(34)25(24)35-23-6-1-2-7-23/h3-5,12-16,23H,1-2,6-11,17H2. The summed E-state index contributed by atoms with van der Waals surface area (Å²) >= 11 is 5.32. The van der Waals surface area contributed by atoms with Crippen LogP contribution in [0.15, 0.2) is 57.9 Å². The summed E-state index contributed by atoms with van der Waals surface area (Å²) in [6.45, 7) is 3.07. The summed E-state index contributed by atoms with van der Waals surface area (Å²) in [7, 11) is 0. The average molecular weight is 577 g/mol. The third-order valence-corrected chi connectivity index (χ3v) is 8.16. The minimum absolute atomic E-state index is 0.0362. The van der Waals surface area contributed by atoms with Gasteiger partial charge in [-0.2, -0.15) is 9.78 Å². The van der Waals surface area contributed by atoms with E-state index in [-0.39, 0.29) is 17.5 Å². The van der Waals surface area contributed by atoms with Crippen molar-refractivity contribution in [2.45, 2.75) is 37.5 Å². The SMILES string of the molecule is O=c1c(OC2CCCC2)c(N2CCN(SCc3cccc(Br)c3)CC2)cnn1-c1cc(F)cc(F)c1. The van der Waals surface area contributed by atoms with Crippen LogP contribution in [0.1, 0.15) is 31.2 Å². The Kier molecular flexibility index (Phi) is 7.93. The summed E-state index contributed by atoms with van der Waals surface area (Å²) in [6, 6.07) is 11.3. The zero-order valence-corrected chi connectivity index (χ0v) is 22.1. The monoisotopic (exact) mass is 576 g/mol. The third-order valence-electron chi connectivity index (χ3n) is 6.48. The number of halogens is 3. The van der Waals surface area contributed by atoms with Crippen molar-refractivity contribution < 1.29 is 13.5 Å². The van der Waals surface area contributed by atoms with Crippen LogP contribution >= 0.6 is 27.9 Å². The zero-order chi connectivity index (χ0) is 25.1. The Labute approximate surface area is 221 Å². The summed E-state index contributed by atoms with van der Waals surface area (Å²) in [5.74, 6) is -0.441. The molecule has 5 rings (SSSR count). The van der Waals surface area contributed by atoms with Gasteiger partial charge in [-0.1, -0.05) is 40.0 Å². The predicted octanol–water partition coefficient (Wildman–Crippen LogP) is 5.57. The van der Waals surface area contributed by atoms with Gasteiger partial charge in [0.25, 0.3) is 0 Å². The van der Waals surface area contributed by atoms with Gasteiger partial charge >= 0.3 is 5.56 Å². The molecule has 36 heavy (non-hydrogen) atoms. The second-order valence-electron chi connectivity index (χ2n) is 9.05. The molecule has 0 atom stereocenters. The lowest BCUT2D eigenvalue weighted by Gasteiger charge is -2.36. The second kappa shape index (κ2) is 11.3. The lowest BCUT2D eigenvalue weighted by Crippen LogP contribution is -2.44. The lowest BCUT2D eigenvalue weighted by atomic mass is 10.2. The molecule has 1 aliphatic heterocycles. The zero-order valence-electron chi connectivity index (χ0n) is 19.7. The molecule has 0 radical (unpaired) electrons. The molecule has 1 aliphatic carbocycles. The van der Waals surface area contributed by atoms with Crippen molar-refractivity contribution in [3.63, 3.8) is 0 Å². The van der Waals surface area contributed by atoms with Crippen LogP contribution in [0.4, 0.5) is 14.5 Å². The highest BCUT2D eigenvalue weighted by Crippen LogP contribution is 2.31. The molecule has 3 aromatic rings. The molecule has 1 saturated carbocycles. The molecule has 0 unspecified atom stereocenters. The molecule has 6 nitrogen and oxygen atoms in total. The van der Waals surface area contributed by atoms with E-state index in [1.807, 2.05) is 12.1 Å².